The van der Waals surface area contributed by atoms with Gasteiger partial charge in [0.15, 0.2) is 0 Å². The van der Waals surface area contributed by atoms with Crippen LogP contribution in [0.25, 0.3) is 0 Å². The van der Waals surface area contributed by atoms with Crippen molar-refractivity contribution in [3.63, 3.8) is 0 Å². The molecule has 13 heavy (non-hydrogen) atoms. The van der Waals surface area contributed by atoms with Crippen LogP contribution in [0.3, 0.4) is 0 Å². The molecule has 0 amide bonds. The van der Waals surface area contributed by atoms with Crippen molar-refractivity contribution in [1.82, 2.24) is 14.7 Å². The summed E-state index contributed by atoms with van der Waals surface area (Å²) in [6.07, 6.45) is 5.07. The maximum Gasteiger partial charge on any atom is 0.0536 e. The average Bonchev–Trinajstić information content (AvgIpc) is 2.56. The van der Waals surface area contributed by atoms with Gasteiger partial charge < -0.3 is 5.73 Å². The maximum atomic E-state index is 5.61. The summed E-state index contributed by atoms with van der Waals surface area (Å²) < 4.78 is 1.96. The van der Waals surface area contributed by atoms with Crippen LogP contribution in [0.5, 0.6) is 0 Å². The second-order valence-electron chi connectivity index (χ2n) is 3.48. The van der Waals surface area contributed by atoms with Crippen molar-refractivity contribution in [3.05, 3.63) is 18.5 Å². The van der Waals surface area contributed by atoms with Crippen LogP contribution in [0, 0.1) is 0 Å². The van der Waals surface area contributed by atoms with Crippen molar-refractivity contribution >= 4 is 0 Å². The number of rotatable bonds is 4. The van der Waals surface area contributed by atoms with E-state index in [1.807, 2.05) is 23.1 Å². The van der Waals surface area contributed by atoms with Crippen LogP contribution in [-0.4, -0.2) is 40.4 Å². The Bertz CT molecular complexity index is 242. The van der Waals surface area contributed by atoms with Crippen molar-refractivity contribution in [3.8, 4) is 0 Å². The average molecular weight is 180 g/mol. The Hall–Kier alpha value is -0.870. The number of hydrogen-bond acceptors (Lipinski definition) is 3. The lowest BCUT2D eigenvalue weighted by atomic mass is 10.0. The van der Waals surface area contributed by atoms with E-state index < -0.39 is 0 Å². The summed E-state index contributed by atoms with van der Waals surface area (Å²) in [4.78, 5) is 2.42. The fourth-order valence-electron chi connectivity index (χ4n) is 1.72. The fraction of sp³-hybridized carbons (Fsp3) is 0.667. The van der Waals surface area contributed by atoms with E-state index in [1.165, 1.54) is 13.0 Å². The Balaban J connectivity index is 1.74. The van der Waals surface area contributed by atoms with Gasteiger partial charge in [-0.05, 0) is 12.5 Å². The normalized spacial score (nSPS) is 23.0. The van der Waals surface area contributed by atoms with Crippen LogP contribution in [0.1, 0.15) is 6.42 Å². The maximum absolute atomic E-state index is 5.61. The van der Waals surface area contributed by atoms with E-state index in [4.69, 9.17) is 5.73 Å². The summed E-state index contributed by atoms with van der Waals surface area (Å²) in [5.41, 5.74) is 5.61. The molecule has 1 aliphatic rings. The molecule has 1 atom stereocenters. The molecule has 1 unspecified atom stereocenters. The highest BCUT2D eigenvalue weighted by Crippen LogP contribution is 2.14. The van der Waals surface area contributed by atoms with Crippen molar-refractivity contribution in [1.29, 1.82) is 0 Å². The molecule has 2 heterocycles. The molecule has 72 valence electrons. The molecule has 4 nitrogen and oxygen atoms in total. The summed E-state index contributed by atoms with van der Waals surface area (Å²) in [6.45, 7) is 4.04. The standard InChI is InChI=1S/C9H16N4/c10-8-9-2-5-12(9)6-7-13-4-1-3-11-13/h1,3-4,9H,2,5-8,10H2. The van der Waals surface area contributed by atoms with Gasteiger partial charge in [-0.25, -0.2) is 0 Å². The van der Waals surface area contributed by atoms with Crippen molar-refractivity contribution in [2.45, 2.75) is 19.0 Å². The van der Waals surface area contributed by atoms with Gasteiger partial charge in [-0.2, -0.15) is 5.10 Å². The van der Waals surface area contributed by atoms with Crippen LogP contribution < -0.4 is 5.73 Å². The van der Waals surface area contributed by atoms with Gasteiger partial charge >= 0.3 is 0 Å². The zero-order chi connectivity index (χ0) is 9.10. The first kappa shape index (κ1) is 8.72. The molecule has 1 aromatic rings. The topological polar surface area (TPSA) is 47.1 Å². The van der Waals surface area contributed by atoms with Crippen molar-refractivity contribution in [2.24, 2.45) is 5.73 Å². The lowest BCUT2D eigenvalue weighted by Crippen LogP contribution is -2.52. The summed E-state index contributed by atoms with van der Waals surface area (Å²) in [6, 6.07) is 2.58. The molecule has 0 spiro atoms. The number of nitrogens with two attached hydrogens (primary N) is 1. The molecule has 1 aromatic heterocycles. The zero-order valence-corrected chi connectivity index (χ0v) is 7.76. The van der Waals surface area contributed by atoms with E-state index in [9.17, 15) is 0 Å². The molecule has 0 aliphatic carbocycles. The first-order valence-corrected chi connectivity index (χ1v) is 4.81. The zero-order valence-electron chi connectivity index (χ0n) is 7.76. The lowest BCUT2D eigenvalue weighted by Gasteiger charge is -2.40. The summed E-state index contributed by atoms with van der Waals surface area (Å²) in [5.74, 6) is 0. The minimum Gasteiger partial charge on any atom is -0.329 e. The summed E-state index contributed by atoms with van der Waals surface area (Å²) in [5, 5.41) is 4.16. The lowest BCUT2D eigenvalue weighted by molar-refractivity contribution is 0.0911. The van der Waals surface area contributed by atoms with E-state index in [0.29, 0.717) is 6.04 Å². The Labute approximate surface area is 78.3 Å². The predicted molar refractivity (Wildman–Crippen MR) is 51.3 cm³/mol. The second kappa shape index (κ2) is 3.89. The molecule has 0 saturated carbocycles. The van der Waals surface area contributed by atoms with Gasteiger partial charge in [0.25, 0.3) is 0 Å². The van der Waals surface area contributed by atoms with Crippen molar-refractivity contribution in [2.75, 3.05) is 19.6 Å². The predicted octanol–water partition coefficient (Wildman–Crippen LogP) is -0.0839. The SMILES string of the molecule is NCC1CCN1CCn1cccn1. The third kappa shape index (κ3) is 1.89. The van der Waals surface area contributed by atoms with Crippen LogP contribution in [0.15, 0.2) is 18.5 Å². The monoisotopic (exact) mass is 180 g/mol. The van der Waals surface area contributed by atoms with Gasteiger partial charge in [-0.1, -0.05) is 0 Å². The highest BCUT2D eigenvalue weighted by atomic mass is 15.3. The van der Waals surface area contributed by atoms with Crippen LogP contribution in [0.4, 0.5) is 0 Å². The third-order valence-corrected chi connectivity index (χ3v) is 2.71. The first-order chi connectivity index (χ1) is 6.40. The van der Waals surface area contributed by atoms with Gasteiger partial charge in [-0.3, -0.25) is 9.58 Å². The summed E-state index contributed by atoms with van der Waals surface area (Å²) >= 11 is 0. The molecule has 0 aromatic carbocycles. The van der Waals surface area contributed by atoms with E-state index in [2.05, 4.69) is 10.00 Å². The molecular weight excluding hydrogens is 164 g/mol. The molecule has 1 saturated heterocycles. The molecule has 1 fully saturated rings. The number of aromatic nitrogens is 2. The van der Waals surface area contributed by atoms with Crippen LogP contribution >= 0.6 is 0 Å². The van der Waals surface area contributed by atoms with Gasteiger partial charge in [0.2, 0.25) is 0 Å². The fourth-order valence-corrected chi connectivity index (χ4v) is 1.72. The van der Waals surface area contributed by atoms with E-state index >= 15 is 0 Å². The minimum absolute atomic E-state index is 0.621. The molecular formula is C9H16N4. The van der Waals surface area contributed by atoms with Gasteiger partial charge in [0, 0.05) is 38.1 Å². The highest BCUT2D eigenvalue weighted by Gasteiger charge is 2.25. The molecule has 0 bridgehead atoms. The first-order valence-electron chi connectivity index (χ1n) is 4.81. The van der Waals surface area contributed by atoms with Crippen molar-refractivity contribution < 1.29 is 0 Å². The quantitative estimate of drug-likeness (QED) is 0.704. The van der Waals surface area contributed by atoms with Crippen LogP contribution in [0.2, 0.25) is 0 Å². The Morgan fingerprint density at radius 2 is 2.38 bits per heavy atom. The molecule has 2 N–H and O–H groups in total. The molecule has 2 rings (SSSR count). The van der Waals surface area contributed by atoms with E-state index in [-0.39, 0.29) is 0 Å². The Kier molecular flexibility index (Phi) is 2.61. The third-order valence-electron chi connectivity index (χ3n) is 2.71. The molecule has 4 heteroatoms. The second-order valence-corrected chi connectivity index (χ2v) is 3.48. The van der Waals surface area contributed by atoms with Gasteiger partial charge in [0.1, 0.15) is 0 Å². The largest absolute Gasteiger partial charge is 0.329 e. The van der Waals surface area contributed by atoms with Crippen LogP contribution in [-0.2, 0) is 6.54 Å². The minimum atomic E-state index is 0.621. The van der Waals surface area contributed by atoms with E-state index in [1.54, 1.807) is 0 Å². The molecule has 1 aliphatic heterocycles. The smallest absolute Gasteiger partial charge is 0.0536 e. The number of nitrogens with zero attached hydrogens (tertiary/aromatic N) is 3. The summed E-state index contributed by atoms with van der Waals surface area (Å²) in [7, 11) is 0. The highest BCUT2D eigenvalue weighted by molar-refractivity contribution is 4.84. The van der Waals surface area contributed by atoms with Gasteiger partial charge in [-0.15, -0.1) is 0 Å². The Morgan fingerprint density at radius 1 is 1.46 bits per heavy atom. The van der Waals surface area contributed by atoms with Gasteiger partial charge in [0.05, 0.1) is 6.54 Å². The number of hydrogen-bond donors (Lipinski definition) is 1. The number of likely N-dealkylation sites (tertiary alicyclic amines) is 1. The Morgan fingerprint density at radius 3 is 2.92 bits per heavy atom. The molecule has 0 radical (unpaired) electrons. The van der Waals surface area contributed by atoms with E-state index in [0.717, 1.165) is 19.6 Å².